The molecule has 2 rings (SSSR count). The number of benzene rings is 1. The summed E-state index contributed by atoms with van der Waals surface area (Å²) in [5.74, 6) is -0.484. The number of carbonyl (C=O) groups excluding carboxylic acids is 2. The first kappa shape index (κ1) is 13.5. The van der Waals surface area contributed by atoms with Crippen LogP contribution in [-0.2, 0) is 9.53 Å². The minimum absolute atomic E-state index is 0.104. The first-order chi connectivity index (χ1) is 9.19. The number of hydrogen-bond donors (Lipinski definition) is 2. The van der Waals surface area contributed by atoms with E-state index in [1.165, 1.54) is 0 Å². The van der Waals surface area contributed by atoms with Crippen LogP contribution in [0.3, 0.4) is 0 Å². The van der Waals surface area contributed by atoms with Crippen molar-refractivity contribution < 1.29 is 14.3 Å². The fraction of sp³-hybridized carbons (Fsp3) is 0.429. The Balaban J connectivity index is 1.89. The Bertz CT molecular complexity index is 470. The summed E-state index contributed by atoms with van der Waals surface area (Å²) in [4.78, 5) is 23.2. The average Bonchev–Trinajstić information content (AvgIpc) is 3.21. The Morgan fingerprint density at radius 1 is 1.37 bits per heavy atom. The van der Waals surface area contributed by atoms with Gasteiger partial charge in [-0.3, -0.25) is 4.79 Å². The lowest BCUT2D eigenvalue weighted by molar-refractivity contribution is -0.115. The number of rotatable bonds is 6. The van der Waals surface area contributed by atoms with E-state index in [1.54, 1.807) is 31.2 Å². The fourth-order valence-corrected chi connectivity index (χ4v) is 1.67. The third-order valence-electron chi connectivity index (χ3n) is 2.79. The van der Waals surface area contributed by atoms with E-state index < -0.39 is 0 Å². The molecule has 0 bridgehead atoms. The van der Waals surface area contributed by atoms with Crippen LogP contribution < -0.4 is 10.6 Å². The molecule has 1 aliphatic rings. The van der Waals surface area contributed by atoms with Crippen LogP contribution in [0.2, 0.25) is 0 Å². The molecule has 0 atom stereocenters. The molecule has 0 spiro atoms. The lowest BCUT2D eigenvalue weighted by Gasteiger charge is -2.07. The van der Waals surface area contributed by atoms with Crippen LogP contribution in [0.25, 0.3) is 0 Å². The van der Waals surface area contributed by atoms with Gasteiger partial charge in [-0.15, -0.1) is 0 Å². The van der Waals surface area contributed by atoms with Gasteiger partial charge in [0.15, 0.2) is 0 Å². The monoisotopic (exact) mass is 262 g/mol. The minimum atomic E-state index is -0.380. The molecule has 1 aromatic carbocycles. The van der Waals surface area contributed by atoms with Gasteiger partial charge in [0.25, 0.3) is 0 Å². The smallest absolute Gasteiger partial charge is 0.338 e. The summed E-state index contributed by atoms with van der Waals surface area (Å²) in [6.45, 7) is 2.39. The summed E-state index contributed by atoms with van der Waals surface area (Å²) >= 11 is 0. The summed E-state index contributed by atoms with van der Waals surface area (Å²) in [6, 6.07) is 7.24. The van der Waals surface area contributed by atoms with Gasteiger partial charge in [-0.05, 0) is 38.0 Å². The molecule has 0 saturated heterocycles. The van der Waals surface area contributed by atoms with Crippen LogP contribution in [0.15, 0.2) is 24.3 Å². The molecule has 0 heterocycles. The van der Waals surface area contributed by atoms with Crippen molar-refractivity contribution in [2.24, 2.45) is 0 Å². The quantitative estimate of drug-likeness (QED) is 0.763. The van der Waals surface area contributed by atoms with Crippen molar-refractivity contribution in [1.29, 1.82) is 0 Å². The summed E-state index contributed by atoms with van der Waals surface area (Å²) in [5.41, 5.74) is 1.04. The molecule has 0 aromatic heterocycles. The predicted octanol–water partition coefficient (Wildman–Crippen LogP) is 1.55. The van der Waals surface area contributed by atoms with Crippen molar-refractivity contribution in [3.05, 3.63) is 29.8 Å². The van der Waals surface area contributed by atoms with Gasteiger partial charge in [0.1, 0.15) is 0 Å². The Kier molecular flexibility index (Phi) is 4.52. The topological polar surface area (TPSA) is 67.4 Å². The maximum atomic E-state index is 11.7. The summed E-state index contributed by atoms with van der Waals surface area (Å²) in [7, 11) is 0. The molecule has 5 heteroatoms. The molecule has 102 valence electrons. The van der Waals surface area contributed by atoms with Gasteiger partial charge in [-0.2, -0.15) is 0 Å². The minimum Gasteiger partial charge on any atom is -0.462 e. The number of hydrogen-bond acceptors (Lipinski definition) is 4. The van der Waals surface area contributed by atoms with Crippen molar-refractivity contribution in [1.82, 2.24) is 5.32 Å². The number of nitrogens with one attached hydrogen (secondary N) is 2. The molecule has 0 radical (unpaired) electrons. The van der Waals surface area contributed by atoms with E-state index in [-0.39, 0.29) is 11.9 Å². The molecule has 1 fully saturated rings. The van der Waals surface area contributed by atoms with E-state index in [2.05, 4.69) is 10.6 Å². The van der Waals surface area contributed by atoms with Crippen molar-refractivity contribution in [3.8, 4) is 0 Å². The first-order valence-corrected chi connectivity index (χ1v) is 6.49. The first-order valence-electron chi connectivity index (χ1n) is 6.49. The fourth-order valence-electron chi connectivity index (χ4n) is 1.67. The van der Waals surface area contributed by atoms with E-state index in [9.17, 15) is 9.59 Å². The molecule has 5 nitrogen and oxygen atoms in total. The van der Waals surface area contributed by atoms with Crippen molar-refractivity contribution in [3.63, 3.8) is 0 Å². The van der Waals surface area contributed by atoms with Crippen LogP contribution in [0.1, 0.15) is 30.1 Å². The van der Waals surface area contributed by atoms with Gasteiger partial charge in [-0.1, -0.05) is 6.07 Å². The van der Waals surface area contributed by atoms with E-state index >= 15 is 0 Å². The van der Waals surface area contributed by atoms with Crippen LogP contribution >= 0.6 is 0 Å². The maximum Gasteiger partial charge on any atom is 0.338 e. The van der Waals surface area contributed by atoms with E-state index in [0.29, 0.717) is 30.4 Å². The van der Waals surface area contributed by atoms with Crippen LogP contribution in [0.5, 0.6) is 0 Å². The van der Waals surface area contributed by atoms with Gasteiger partial charge in [-0.25, -0.2) is 4.79 Å². The molecule has 1 aromatic rings. The highest BCUT2D eigenvalue weighted by Crippen LogP contribution is 2.18. The Labute approximate surface area is 112 Å². The molecule has 2 N–H and O–H groups in total. The standard InChI is InChI=1S/C14H18N2O3/c1-2-19-14(18)10-4-3-5-12(8-10)16-13(17)9-15-11-6-7-11/h3-5,8,11,15H,2,6-7,9H2,1H3,(H,16,17). The van der Waals surface area contributed by atoms with E-state index in [0.717, 1.165) is 12.8 Å². The zero-order valence-corrected chi connectivity index (χ0v) is 10.9. The molecule has 0 unspecified atom stereocenters. The summed E-state index contributed by atoms with van der Waals surface area (Å²) in [6.07, 6.45) is 2.29. The lowest BCUT2D eigenvalue weighted by atomic mass is 10.2. The van der Waals surface area contributed by atoms with Crippen LogP contribution in [-0.4, -0.2) is 31.1 Å². The number of amides is 1. The van der Waals surface area contributed by atoms with Gasteiger partial charge >= 0.3 is 5.97 Å². The summed E-state index contributed by atoms with van der Waals surface area (Å²) < 4.78 is 4.91. The van der Waals surface area contributed by atoms with Gasteiger partial charge < -0.3 is 15.4 Å². The Morgan fingerprint density at radius 3 is 2.84 bits per heavy atom. The Hall–Kier alpha value is -1.88. The summed E-state index contributed by atoms with van der Waals surface area (Å²) in [5, 5.41) is 5.88. The van der Waals surface area contributed by atoms with Crippen molar-refractivity contribution >= 4 is 17.6 Å². The molecule has 1 saturated carbocycles. The average molecular weight is 262 g/mol. The molecular weight excluding hydrogens is 244 g/mol. The molecule has 1 aliphatic carbocycles. The van der Waals surface area contributed by atoms with Gasteiger partial charge in [0, 0.05) is 11.7 Å². The van der Waals surface area contributed by atoms with Crippen LogP contribution in [0.4, 0.5) is 5.69 Å². The van der Waals surface area contributed by atoms with Crippen molar-refractivity contribution in [2.45, 2.75) is 25.8 Å². The van der Waals surface area contributed by atoms with E-state index in [1.807, 2.05) is 0 Å². The maximum absolute atomic E-state index is 11.7. The highest BCUT2D eigenvalue weighted by molar-refractivity contribution is 5.95. The highest BCUT2D eigenvalue weighted by Gasteiger charge is 2.21. The number of anilines is 1. The largest absolute Gasteiger partial charge is 0.462 e. The normalized spacial score (nSPS) is 13.9. The lowest BCUT2D eigenvalue weighted by Crippen LogP contribution is -2.29. The number of esters is 1. The third kappa shape index (κ3) is 4.37. The van der Waals surface area contributed by atoms with Crippen LogP contribution in [0, 0.1) is 0 Å². The van der Waals surface area contributed by atoms with Gasteiger partial charge in [0.05, 0.1) is 18.7 Å². The number of ether oxygens (including phenoxy) is 1. The van der Waals surface area contributed by atoms with E-state index in [4.69, 9.17) is 4.74 Å². The van der Waals surface area contributed by atoms with Gasteiger partial charge in [0.2, 0.25) is 5.91 Å². The second-order valence-corrected chi connectivity index (χ2v) is 4.50. The number of carbonyl (C=O) groups is 2. The second-order valence-electron chi connectivity index (χ2n) is 4.50. The zero-order valence-electron chi connectivity index (χ0n) is 10.9. The Morgan fingerprint density at radius 2 is 2.16 bits per heavy atom. The molecular formula is C14H18N2O3. The predicted molar refractivity (Wildman–Crippen MR) is 72.1 cm³/mol. The zero-order chi connectivity index (χ0) is 13.7. The SMILES string of the molecule is CCOC(=O)c1cccc(NC(=O)CNC2CC2)c1. The molecule has 1 amide bonds. The third-order valence-corrected chi connectivity index (χ3v) is 2.79. The molecule has 19 heavy (non-hydrogen) atoms. The highest BCUT2D eigenvalue weighted by atomic mass is 16.5. The van der Waals surface area contributed by atoms with Crippen molar-refractivity contribution in [2.75, 3.05) is 18.5 Å². The second kappa shape index (κ2) is 6.33. The molecule has 0 aliphatic heterocycles.